The number of sulfonamides is 1. The van der Waals surface area contributed by atoms with Gasteiger partial charge in [0.15, 0.2) is 5.03 Å². The summed E-state index contributed by atoms with van der Waals surface area (Å²) in [5.41, 5.74) is 2.86. The molecule has 1 aromatic carbocycles. The summed E-state index contributed by atoms with van der Waals surface area (Å²) in [6.45, 7) is 0.698. The number of aryl methyl sites for hydroxylation is 2. The van der Waals surface area contributed by atoms with Crippen LogP contribution >= 0.6 is 0 Å². The Morgan fingerprint density at radius 2 is 2.03 bits per heavy atom. The molecule has 2 aliphatic carbocycles. The monoisotopic (exact) mass is 461 g/mol. The second kappa shape index (κ2) is 9.23. The Bertz CT molecular complexity index is 1070. The quantitative estimate of drug-likeness (QED) is 0.479. The van der Waals surface area contributed by atoms with Gasteiger partial charge in [0.2, 0.25) is 0 Å². The summed E-state index contributed by atoms with van der Waals surface area (Å²) >= 11 is 0. The second-order valence-corrected chi connectivity index (χ2v) is 10.5. The minimum atomic E-state index is -3.59. The molecule has 8 nitrogen and oxygen atoms in total. The van der Waals surface area contributed by atoms with Crippen molar-refractivity contribution in [2.24, 2.45) is 13.0 Å². The average Bonchev–Trinajstić information content (AvgIpc) is 3.38. The highest BCUT2D eigenvalue weighted by molar-refractivity contribution is 7.89. The van der Waals surface area contributed by atoms with E-state index >= 15 is 0 Å². The van der Waals surface area contributed by atoms with Crippen molar-refractivity contribution < 1.29 is 22.7 Å². The molecule has 0 radical (unpaired) electrons. The van der Waals surface area contributed by atoms with Gasteiger partial charge in [0, 0.05) is 19.8 Å². The molecule has 0 bridgehead atoms. The first kappa shape index (κ1) is 22.8. The van der Waals surface area contributed by atoms with Crippen LogP contribution in [0.3, 0.4) is 0 Å². The van der Waals surface area contributed by atoms with Crippen LogP contribution in [0.4, 0.5) is 0 Å². The lowest BCUT2D eigenvalue weighted by molar-refractivity contribution is -0.147. The molecule has 1 fully saturated rings. The topological polar surface area (TPSA) is 99.5 Å². The van der Waals surface area contributed by atoms with Crippen molar-refractivity contribution >= 4 is 16.0 Å². The summed E-state index contributed by atoms with van der Waals surface area (Å²) in [7, 11) is -0.452. The summed E-state index contributed by atoms with van der Waals surface area (Å²) < 4.78 is 39.3. The molecule has 1 saturated carbocycles. The first-order valence-electron chi connectivity index (χ1n) is 11.2. The van der Waals surface area contributed by atoms with E-state index in [1.54, 1.807) is 13.2 Å². The molecular formula is C23H31N3O5S. The number of rotatable bonds is 8. The van der Waals surface area contributed by atoms with E-state index < -0.39 is 10.0 Å². The Morgan fingerprint density at radius 1 is 1.25 bits per heavy atom. The van der Waals surface area contributed by atoms with Crippen LogP contribution in [0, 0.1) is 5.92 Å². The van der Waals surface area contributed by atoms with Gasteiger partial charge in [-0.05, 0) is 79.7 Å². The number of esters is 1. The van der Waals surface area contributed by atoms with Gasteiger partial charge >= 0.3 is 5.97 Å². The smallest absolute Gasteiger partial charge is 0.308 e. The van der Waals surface area contributed by atoms with Crippen LogP contribution in [0.2, 0.25) is 0 Å². The first-order chi connectivity index (χ1) is 15.3. The van der Waals surface area contributed by atoms with Crippen molar-refractivity contribution in [2.75, 3.05) is 20.3 Å². The van der Waals surface area contributed by atoms with E-state index in [4.69, 9.17) is 9.47 Å². The number of benzene rings is 1. The first-order valence-corrected chi connectivity index (χ1v) is 12.6. The highest BCUT2D eigenvalue weighted by atomic mass is 32.2. The molecule has 1 N–H and O–H groups in total. The highest BCUT2D eigenvalue weighted by Crippen LogP contribution is 2.50. The molecule has 9 heteroatoms. The lowest BCUT2D eigenvalue weighted by Crippen LogP contribution is -2.32. The number of nitrogens with one attached hydrogen (secondary N) is 1. The Hall–Kier alpha value is -2.39. The number of carbonyl (C=O) groups excluding carboxylic acids is 1. The molecule has 1 spiro atoms. The maximum absolute atomic E-state index is 12.2. The van der Waals surface area contributed by atoms with Crippen molar-refractivity contribution in [1.29, 1.82) is 0 Å². The van der Waals surface area contributed by atoms with Crippen LogP contribution < -0.4 is 9.46 Å². The molecular weight excluding hydrogens is 430 g/mol. The van der Waals surface area contributed by atoms with Gasteiger partial charge in [0.05, 0.1) is 19.6 Å². The third kappa shape index (κ3) is 4.68. The zero-order valence-corrected chi connectivity index (χ0v) is 19.5. The van der Waals surface area contributed by atoms with Gasteiger partial charge < -0.3 is 9.47 Å². The van der Waals surface area contributed by atoms with E-state index in [1.165, 1.54) is 29.0 Å². The summed E-state index contributed by atoms with van der Waals surface area (Å²) in [6, 6.07) is 7.77. The predicted molar refractivity (Wildman–Crippen MR) is 119 cm³/mol. The van der Waals surface area contributed by atoms with Crippen LogP contribution in [0.15, 0.2) is 35.5 Å². The van der Waals surface area contributed by atoms with E-state index in [-0.39, 0.29) is 28.9 Å². The fourth-order valence-corrected chi connectivity index (χ4v) is 6.07. The zero-order valence-electron chi connectivity index (χ0n) is 18.7. The average molecular weight is 462 g/mol. The summed E-state index contributed by atoms with van der Waals surface area (Å²) in [5, 5.41) is 3.95. The van der Waals surface area contributed by atoms with Crippen LogP contribution in [-0.4, -0.2) is 44.4 Å². The van der Waals surface area contributed by atoms with E-state index in [9.17, 15) is 13.2 Å². The van der Waals surface area contributed by atoms with Crippen molar-refractivity contribution in [1.82, 2.24) is 14.5 Å². The lowest BCUT2D eigenvalue weighted by atomic mass is 9.67. The fraction of sp³-hybridized carbons (Fsp3) is 0.565. The van der Waals surface area contributed by atoms with Gasteiger partial charge in [-0.2, -0.15) is 5.10 Å². The Morgan fingerprint density at radius 3 is 2.72 bits per heavy atom. The maximum Gasteiger partial charge on any atom is 0.308 e. The van der Waals surface area contributed by atoms with Gasteiger partial charge in [0.1, 0.15) is 5.75 Å². The summed E-state index contributed by atoms with van der Waals surface area (Å²) in [4.78, 5) is 11.9. The van der Waals surface area contributed by atoms with Gasteiger partial charge in [-0.3, -0.25) is 9.48 Å². The Balaban J connectivity index is 1.30. The molecule has 2 aromatic rings. The molecule has 4 rings (SSSR count). The number of aromatic nitrogens is 2. The number of hydrogen-bond donors (Lipinski definition) is 1. The third-order valence-electron chi connectivity index (χ3n) is 6.85. The summed E-state index contributed by atoms with van der Waals surface area (Å²) in [5.74, 6) is 0.741. The standard InChI is InChI=1S/C23H31N3O5S/c1-26-14-9-21(25-26)32(28,29)24-13-3-15-31-19-5-4-17-6-10-23(20(17)16-19)11-7-18(8-12-23)22(27)30-2/h4-5,9,14,16,18,24H,3,6-8,10-13,15H2,1-2H3. The minimum absolute atomic E-state index is 0.0176. The SMILES string of the molecule is COC(=O)C1CCC2(CCc3ccc(OCCCNS(=O)(=O)c4ccn(C)n4)cc32)CC1. The van der Waals surface area contributed by atoms with Crippen molar-refractivity contribution in [3.63, 3.8) is 0 Å². The second-order valence-electron chi connectivity index (χ2n) is 8.82. The summed E-state index contributed by atoms with van der Waals surface area (Å²) in [6.07, 6.45) is 8.07. The molecule has 0 saturated heterocycles. The van der Waals surface area contributed by atoms with Crippen molar-refractivity contribution in [3.05, 3.63) is 41.6 Å². The van der Waals surface area contributed by atoms with Gasteiger partial charge in [-0.15, -0.1) is 0 Å². The number of methoxy groups -OCH3 is 1. The molecule has 174 valence electrons. The van der Waals surface area contributed by atoms with Gasteiger partial charge in [-0.1, -0.05) is 6.07 Å². The molecule has 1 aromatic heterocycles. The molecule has 32 heavy (non-hydrogen) atoms. The lowest BCUT2D eigenvalue weighted by Gasteiger charge is -2.37. The van der Waals surface area contributed by atoms with Gasteiger partial charge in [-0.25, -0.2) is 13.1 Å². The van der Waals surface area contributed by atoms with Crippen LogP contribution in [0.25, 0.3) is 0 Å². The van der Waals surface area contributed by atoms with E-state index in [0.29, 0.717) is 13.0 Å². The van der Waals surface area contributed by atoms with Crippen molar-refractivity contribution in [3.8, 4) is 5.75 Å². The van der Waals surface area contributed by atoms with Crippen LogP contribution in [-0.2, 0) is 38.4 Å². The highest BCUT2D eigenvalue weighted by Gasteiger charge is 2.43. The molecule has 0 atom stereocenters. The molecule has 0 amide bonds. The molecule has 2 aliphatic rings. The maximum atomic E-state index is 12.2. The van der Waals surface area contributed by atoms with Gasteiger partial charge in [0.25, 0.3) is 10.0 Å². The minimum Gasteiger partial charge on any atom is -0.494 e. The van der Waals surface area contributed by atoms with Crippen molar-refractivity contribution in [2.45, 2.75) is 55.4 Å². The fourth-order valence-electron chi connectivity index (χ4n) is 5.04. The van der Waals surface area contributed by atoms with E-state index in [1.807, 2.05) is 6.07 Å². The largest absolute Gasteiger partial charge is 0.494 e. The number of fused-ring (bicyclic) bond motifs is 2. The zero-order chi connectivity index (χ0) is 22.8. The third-order valence-corrected chi connectivity index (χ3v) is 8.20. The number of ether oxygens (including phenoxy) is 2. The number of carbonyl (C=O) groups is 1. The molecule has 0 unspecified atom stereocenters. The van der Waals surface area contributed by atoms with E-state index in [2.05, 4.69) is 22.0 Å². The molecule has 0 aliphatic heterocycles. The Kier molecular flexibility index (Phi) is 6.57. The van der Waals surface area contributed by atoms with E-state index in [0.717, 1.165) is 44.3 Å². The molecule has 1 heterocycles. The number of nitrogens with zero attached hydrogens (tertiary/aromatic N) is 2. The van der Waals surface area contributed by atoms with Crippen LogP contribution in [0.5, 0.6) is 5.75 Å². The predicted octanol–water partition coefficient (Wildman–Crippen LogP) is 2.71. The Labute approximate surface area is 189 Å². The normalized spacial score (nSPS) is 22.6. The van der Waals surface area contributed by atoms with Crippen LogP contribution in [0.1, 0.15) is 49.7 Å². The number of hydrogen-bond acceptors (Lipinski definition) is 6.